The van der Waals surface area contributed by atoms with E-state index in [1.165, 1.54) is 24.1 Å². The first-order chi connectivity index (χ1) is 8.60. The molecule has 1 rings (SSSR count). The number of hydrogen-bond donors (Lipinski definition) is 1. The first-order valence-corrected chi connectivity index (χ1v) is 7.21. The SMILES string of the molecule is CCCCN(C)c1ccc(C(C)NCC)c(Cl)c1. The largest absolute Gasteiger partial charge is 0.375 e. The van der Waals surface area contributed by atoms with E-state index in [-0.39, 0.29) is 0 Å². The lowest BCUT2D eigenvalue weighted by Gasteiger charge is -2.21. The fourth-order valence-corrected chi connectivity index (χ4v) is 2.38. The van der Waals surface area contributed by atoms with Crippen LogP contribution in [0.15, 0.2) is 18.2 Å². The Morgan fingerprint density at radius 2 is 2.06 bits per heavy atom. The van der Waals surface area contributed by atoms with Gasteiger partial charge in [0, 0.05) is 30.3 Å². The lowest BCUT2D eigenvalue weighted by atomic mass is 10.1. The number of rotatable bonds is 7. The Kier molecular flexibility index (Phi) is 6.51. The van der Waals surface area contributed by atoms with Crippen LogP contribution in [0.2, 0.25) is 5.02 Å². The first-order valence-electron chi connectivity index (χ1n) is 6.84. The van der Waals surface area contributed by atoms with Crippen molar-refractivity contribution in [1.82, 2.24) is 5.32 Å². The van der Waals surface area contributed by atoms with Crippen LogP contribution < -0.4 is 10.2 Å². The second-order valence-corrected chi connectivity index (χ2v) is 5.17. The van der Waals surface area contributed by atoms with Gasteiger partial charge in [0.25, 0.3) is 0 Å². The van der Waals surface area contributed by atoms with Gasteiger partial charge in [-0.2, -0.15) is 0 Å². The Labute approximate surface area is 116 Å². The van der Waals surface area contributed by atoms with Gasteiger partial charge in [-0.25, -0.2) is 0 Å². The molecule has 0 aliphatic rings. The molecule has 0 saturated heterocycles. The van der Waals surface area contributed by atoms with E-state index in [1.54, 1.807) is 0 Å². The lowest BCUT2D eigenvalue weighted by molar-refractivity contribution is 0.598. The first kappa shape index (κ1) is 15.3. The molecule has 2 nitrogen and oxygen atoms in total. The zero-order valence-corrected chi connectivity index (χ0v) is 12.7. The van der Waals surface area contributed by atoms with Crippen LogP contribution in [-0.4, -0.2) is 20.1 Å². The Balaban J connectivity index is 2.78. The minimum Gasteiger partial charge on any atom is -0.375 e. The second kappa shape index (κ2) is 7.65. The van der Waals surface area contributed by atoms with Gasteiger partial charge in [-0.3, -0.25) is 0 Å². The van der Waals surface area contributed by atoms with E-state index in [0.717, 1.165) is 18.1 Å². The average Bonchev–Trinajstić information content (AvgIpc) is 2.35. The third-order valence-electron chi connectivity index (χ3n) is 3.25. The molecule has 0 spiro atoms. The van der Waals surface area contributed by atoms with E-state index in [9.17, 15) is 0 Å². The van der Waals surface area contributed by atoms with E-state index in [0.29, 0.717) is 6.04 Å². The number of nitrogens with one attached hydrogen (secondary N) is 1. The summed E-state index contributed by atoms with van der Waals surface area (Å²) in [5, 5.41) is 4.24. The molecule has 0 aromatic heterocycles. The third-order valence-corrected chi connectivity index (χ3v) is 3.58. The van der Waals surface area contributed by atoms with Gasteiger partial charge >= 0.3 is 0 Å². The van der Waals surface area contributed by atoms with E-state index in [4.69, 9.17) is 11.6 Å². The summed E-state index contributed by atoms with van der Waals surface area (Å²) in [6.07, 6.45) is 2.43. The van der Waals surface area contributed by atoms with Gasteiger partial charge in [0.05, 0.1) is 0 Å². The molecule has 18 heavy (non-hydrogen) atoms. The van der Waals surface area contributed by atoms with E-state index in [2.05, 4.69) is 56.2 Å². The van der Waals surface area contributed by atoms with Gasteiger partial charge in [0.1, 0.15) is 0 Å². The van der Waals surface area contributed by atoms with Gasteiger partial charge in [-0.1, -0.05) is 37.9 Å². The maximum atomic E-state index is 6.37. The number of hydrogen-bond acceptors (Lipinski definition) is 2. The van der Waals surface area contributed by atoms with Crippen LogP contribution in [0.5, 0.6) is 0 Å². The highest BCUT2D eigenvalue weighted by atomic mass is 35.5. The van der Waals surface area contributed by atoms with Gasteiger partial charge in [0.2, 0.25) is 0 Å². The maximum Gasteiger partial charge on any atom is 0.0474 e. The van der Waals surface area contributed by atoms with E-state index in [1.807, 2.05) is 0 Å². The molecule has 0 amide bonds. The standard InChI is InChI=1S/C15H25ClN2/c1-5-7-10-18(4)13-8-9-14(15(16)11-13)12(3)17-6-2/h8-9,11-12,17H,5-7,10H2,1-4H3. The molecule has 0 saturated carbocycles. The Morgan fingerprint density at radius 3 is 2.61 bits per heavy atom. The summed E-state index contributed by atoms with van der Waals surface area (Å²) in [5.41, 5.74) is 2.37. The summed E-state index contributed by atoms with van der Waals surface area (Å²) in [6, 6.07) is 6.66. The number of halogens is 1. The predicted molar refractivity (Wildman–Crippen MR) is 81.7 cm³/mol. The molecule has 102 valence electrons. The van der Waals surface area contributed by atoms with Gasteiger partial charge in [0.15, 0.2) is 0 Å². The minimum absolute atomic E-state index is 0.303. The molecule has 1 N–H and O–H groups in total. The molecule has 0 fully saturated rings. The number of nitrogens with zero attached hydrogens (tertiary/aromatic N) is 1. The van der Waals surface area contributed by atoms with Crippen LogP contribution >= 0.6 is 11.6 Å². The van der Waals surface area contributed by atoms with Crippen molar-refractivity contribution in [2.24, 2.45) is 0 Å². The quantitative estimate of drug-likeness (QED) is 0.795. The summed E-state index contributed by atoms with van der Waals surface area (Å²) in [4.78, 5) is 2.26. The molecule has 1 atom stereocenters. The molecule has 0 heterocycles. The third kappa shape index (κ3) is 4.18. The second-order valence-electron chi connectivity index (χ2n) is 4.76. The molecule has 1 unspecified atom stereocenters. The molecule has 1 aromatic carbocycles. The predicted octanol–water partition coefficient (Wildman–Crippen LogP) is 4.25. The highest BCUT2D eigenvalue weighted by Crippen LogP contribution is 2.27. The summed E-state index contributed by atoms with van der Waals surface area (Å²) in [6.45, 7) is 8.50. The van der Waals surface area contributed by atoms with Crippen LogP contribution in [0, 0.1) is 0 Å². The normalized spacial score (nSPS) is 12.5. The maximum absolute atomic E-state index is 6.37. The minimum atomic E-state index is 0.303. The highest BCUT2D eigenvalue weighted by Gasteiger charge is 2.10. The Bertz CT molecular complexity index is 366. The smallest absolute Gasteiger partial charge is 0.0474 e. The van der Waals surface area contributed by atoms with Crippen molar-refractivity contribution >= 4 is 17.3 Å². The van der Waals surface area contributed by atoms with Crippen molar-refractivity contribution in [2.75, 3.05) is 25.0 Å². The molecule has 1 aromatic rings. The molecular weight excluding hydrogens is 244 g/mol. The molecule has 0 bridgehead atoms. The number of unbranched alkanes of at least 4 members (excludes halogenated alkanes) is 1. The average molecular weight is 269 g/mol. The fourth-order valence-electron chi connectivity index (χ4n) is 2.05. The van der Waals surface area contributed by atoms with Crippen molar-refractivity contribution in [2.45, 2.75) is 39.7 Å². The Morgan fingerprint density at radius 1 is 1.33 bits per heavy atom. The van der Waals surface area contributed by atoms with Crippen molar-refractivity contribution < 1.29 is 0 Å². The highest BCUT2D eigenvalue weighted by molar-refractivity contribution is 6.31. The topological polar surface area (TPSA) is 15.3 Å². The van der Waals surface area contributed by atoms with Crippen molar-refractivity contribution in [3.63, 3.8) is 0 Å². The molecular formula is C15H25ClN2. The van der Waals surface area contributed by atoms with Crippen LogP contribution in [0.1, 0.15) is 45.2 Å². The van der Waals surface area contributed by atoms with Crippen molar-refractivity contribution in [3.8, 4) is 0 Å². The van der Waals surface area contributed by atoms with Crippen LogP contribution in [0.25, 0.3) is 0 Å². The van der Waals surface area contributed by atoms with Gasteiger partial charge in [-0.15, -0.1) is 0 Å². The van der Waals surface area contributed by atoms with Crippen molar-refractivity contribution in [1.29, 1.82) is 0 Å². The zero-order valence-electron chi connectivity index (χ0n) is 12.0. The summed E-state index contributed by atoms with van der Waals surface area (Å²) >= 11 is 6.37. The lowest BCUT2D eigenvalue weighted by Crippen LogP contribution is -2.20. The zero-order chi connectivity index (χ0) is 13.5. The monoisotopic (exact) mass is 268 g/mol. The fraction of sp³-hybridized carbons (Fsp3) is 0.600. The van der Waals surface area contributed by atoms with Crippen LogP contribution in [0.4, 0.5) is 5.69 Å². The Hall–Kier alpha value is -0.730. The van der Waals surface area contributed by atoms with Crippen LogP contribution in [0.3, 0.4) is 0 Å². The molecule has 0 radical (unpaired) electrons. The molecule has 0 aliphatic carbocycles. The van der Waals surface area contributed by atoms with Gasteiger partial charge < -0.3 is 10.2 Å². The number of benzene rings is 1. The summed E-state index contributed by atoms with van der Waals surface area (Å²) in [7, 11) is 2.12. The van der Waals surface area contributed by atoms with Crippen molar-refractivity contribution in [3.05, 3.63) is 28.8 Å². The molecule has 3 heteroatoms. The van der Waals surface area contributed by atoms with Gasteiger partial charge in [-0.05, 0) is 37.6 Å². The summed E-state index contributed by atoms with van der Waals surface area (Å²) in [5.74, 6) is 0. The number of anilines is 1. The van der Waals surface area contributed by atoms with E-state index >= 15 is 0 Å². The van der Waals surface area contributed by atoms with E-state index < -0.39 is 0 Å². The molecule has 0 aliphatic heterocycles. The summed E-state index contributed by atoms with van der Waals surface area (Å²) < 4.78 is 0. The van der Waals surface area contributed by atoms with Crippen LogP contribution in [-0.2, 0) is 0 Å².